The molecule has 0 spiro atoms. The van der Waals surface area contributed by atoms with Gasteiger partial charge >= 0.3 is 0 Å². The van der Waals surface area contributed by atoms with Crippen molar-refractivity contribution in [1.82, 2.24) is 9.36 Å². The number of nitrogens with two attached hydrogens (primary N) is 1. The van der Waals surface area contributed by atoms with Gasteiger partial charge in [-0.3, -0.25) is 0 Å². The SMILES string of the molecule is CCCCCCCCc1nc(N)ns1. The Morgan fingerprint density at radius 1 is 1.14 bits per heavy atom. The molecule has 0 aliphatic carbocycles. The van der Waals surface area contributed by atoms with Crippen LogP contribution >= 0.6 is 11.5 Å². The van der Waals surface area contributed by atoms with Crippen molar-refractivity contribution in [2.45, 2.75) is 51.9 Å². The van der Waals surface area contributed by atoms with Crippen LogP contribution in [0.5, 0.6) is 0 Å². The quantitative estimate of drug-likeness (QED) is 0.708. The normalized spacial score (nSPS) is 10.6. The van der Waals surface area contributed by atoms with Crippen LogP contribution < -0.4 is 5.73 Å². The molecule has 0 unspecified atom stereocenters. The van der Waals surface area contributed by atoms with Gasteiger partial charge in [-0.25, -0.2) is 4.98 Å². The molecule has 3 nitrogen and oxygen atoms in total. The Kier molecular flexibility index (Phi) is 5.52. The Hall–Kier alpha value is -0.640. The Labute approximate surface area is 89.9 Å². The molecule has 80 valence electrons. The highest BCUT2D eigenvalue weighted by molar-refractivity contribution is 7.05. The van der Waals surface area contributed by atoms with Crippen molar-refractivity contribution >= 4 is 17.5 Å². The van der Waals surface area contributed by atoms with Crippen molar-refractivity contribution in [3.63, 3.8) is 0 Å². The first kappa shape index (κ1) is 11.4. The minimum absolute atomic E-state index is 0.427. The van der Waals surface area contributed by atoms with Gasteiger partial charge in [0, 0.05) is 6.42 Å². The molecule has 0 saturated carbocycles. The predicted molar refractivity (Wildman–Crippen MR) is 61.4 cm³/mol. The van der Waals surface area contributed by atoms with Crippen molar-refractivity contribution in [2.75, 3.05) is 5.73 Å². The van der Waals surface area contributed by atoms with Crippen LogP contribution in [0.3, 0.4) is 0 Å². The number of nitrogen functional groups attached to an aromatic ring is 1. The zero-order valence-electron chi connectivity index (χ0n) is 8.83. The van der Waals surface area contributed by atoms with Gasteiger partial charge in [0.25, 0.3) is 0 Å². The molecule has 0 atom stereocenters. The molecule has 14 heavy (non-hydrogen) atoms. The summed E-state index contributed by atoms with van der Waals surface area (Å²) in [4.78, 5) is 4.13. The second kappa shape index (κ2) is 6.76. The number of rotatable bonds is 7. The molecule has 0 aromatic carbocycles. The first-order chi connectivity index (χ1) is 6.83. The number of nitrogens with zero attached hydrogens (tertiary/aromatic N) is 2. The highest BCUT2D eigenvalue weighted by Crippen LogP contribution is 2.12. The van der Waals surface area contributed by atoms with Gasteiger partial charge in [0.2, 0.25) is 5.95 Å². The maximum absolute atomic E-state index is 5.44. The van der Waals surface area contributed by atoms with E-state index in [-0.39, 0.29) is 0 Å². The molecule has 1 aromatic rings. The number of aryl methyl sites for hydroxylation is 1. The highest BCUT2D eigenvalue weighted by atomic mass is 32.1. The van der Waals surface area contributed by atoms with Crippen molar-refractivity contribution in [1.29, 1.82) is 0 Å². The van der Waals surface area contributed by atoms with Gasteiger partial charge in [0.15, 0.2) is 0 Å². The minimum atomic E-state index is 0.427. The van der Waals surface area contributed by atoms with Crippen LogP contribution in [0.15, 0.2) is 0 Å². The fourth-order valence-electron chi connectivity index (χ4n) is 1.43. The van der Waals surface area contributed by atoms with E-state index in [1.165, 1.54) is 50.1 Å². The third-order valence-electron chi connectivity index (χ3n) is 2.23. The van der Waals surface area contributed by atoms with E-state index in [2.05, 4.69) is 16.3 Å². The Morgan fingerprint density at radius 3 is 2.50 bits per heavy atom. The largest absolute Gasteiger partial charge is 0.367 e. The number of anilines is 1. The van der Waals surface area contributed by atoms with E-state index in [1.807, 2.05) is 0 Å². The van der Waals surface area contributed by atoms with Crippen LogP contribution in [-0.2, 0) is 6.42 Å². The fraction of sp³-hybridized carbons (Fsp3) is 0.800. The van der Waals surface area contributed by atoms with Gasteiger partial charge in [-0.2, -0.15) is 4.37 Å². The van der Waals surface area contributed by atoms with E-state index in [9.17, 15) is 0 Å². The minimum Gasteiger partial charge on any atom is -0.367 e. The molecule has 1 aromatic heterocycles. The molecule has 0 fully saturated rings. The first-order valence-corrected chi connectivity index (χ1v) is 6.18. The number of hydrogen-bond donors (Lipinski definition) is 1. The Balaban J connectivity index is 1.99. The summed E-state index contributed by atoms with van der Waals surface area (Å²) in [5.74, 6) is 0.427. The zero-order valence-corrected chi connectivity index (χ0v) is 9.65. The second-order valence-corrected chi connectivity index (χ2v) is 4.40. The van der Waals surface area contributed by atoms with Gasteiger partial charge in [-0.15, -0.1) is 0 Å². The van der Waals surface area contributed by atoms with E-state index in [0.717, 1.165) is 11.4 Å². The lowest BCUT2D eigenvalue weighted by atomic mass is 10.1. The molecule has 2 N–H and O–H groups in total. The molecule has 0 bridgehead atoms. The lowest BCUT2D eigenvalue weighted by Gasteiger charge is -1.97. The number of unbranched alkanes of at least 4 members (excludes halogenated alkanes) is 5. The van der Waals surface area contributed by atoms with Gasteiger partial charge in [-0.1, -0.05) is 39.0 Å². The maximum atomic E-state index is 5.44. The maximum Gasteiger partial charge on any atom is 0.232 e. The monoisotopic (exact) mass is 213 g/mol. The Morgan fingerprint density at radius 2 is 1.86 bits per heavy atom. The number of aromatic nitrogens is 2. The lowest BCUT2D eigenvalue weighted by molar-refractivity contribution is 0.607. The lowest BCUT2D eigenvalue weighted by Crippen LogP contribution is -1.88. The summed E-state index contributed by atoms with van der Waals surface area (Å²) in [5.41, 5.74) is 5.44. The van der Waals surface area contributed by atoms with Gasteiger partial charge < -0.3 is 5.73 Å². The standard InChI is InChI=1S/C10H19N3S/c1-2-3-4-5-6-7-8-9-12-10(11)13-14-9/h2-8H2,1H3,(H2,11,13). The van der Waals surface area contributed by atoms with Crippen molar-refractivity contribution in [3.05, 3.63) is 5.01 Å². The van der Waals surface area contributed by atoms with Gasteiger partial charge in [0.1, 0.15) is 5.01 Å². The van der Waals surface area contributed by atoms with Gasteiger partial charge in [-0.05, 0) is 18.0 Å². The summed E-state index contributed by atoms with van der Waals surface area (Å²) in [6.07, 6.45) is 8.97. The zero-order chi connectivity index (χ0) is 10.2. The molecule has 0 amide bonds. The van der Waals surface area contributed by atoms with E-state index in [4.69, 9.17) is 5.73 Å². The molecule has 0 aliphatic rings. The molecule has 1 heterocycles. The van der Waals surface area contributed by atoms with Crippen LogP contribution in [0, 0.1) is 0 Å². The van der Waals surface area contributed by atoms with Crippen LogP contribution in [0.1, 0.15) is 50.5 Å². The van der Waals surface area contributed by atoms with Crippen LogP contribution in [0.4, 0.5) is 5.95 Å². The van der Waals surface area contributed by atoms with E-state index in [1.54, 1.807) is 0 Å². The van der Waals surface area contributed by atoms with Crippen LogP contribution in [0.2, 0.25) is 0 Å². The Bertz CT molecular complexity index is 247. The molecule has 4 heteroatoms. The van der Waals surface area contributed by atoms with Gasteiger partial charge in [0.05, 0.1) is 0 Å². The van der Waals surface area contributed by atoms with E-state index >= 15 is 0 Å². The molecule has 1 rings (SSSR count). The number of hydrogen-bond acceptors (Lipinski definition) is 4. The molecule has 0 aliphatic heterocycles. The highest BCUT2D eigenvalue weighted by Gasteiger charge is 1.99. The van der Waals surface area contributed by atoms with Crippen molar-refractivity contribution in [3.8, 4) is 0 Å². The average Bonchev–Trinajstić information content (AvgIpc) is 2.58. The first-order valence-electron chi connectivity index (χ1n) is 5.41. The topological polar surface area (TPSA) is 51.8 Å². The van der Waals surface area contributed by atoms with Crippen LogP contribution in [-0.4, -0.2) is 9.36 Å². The summed E-state index contributed by atoms with van der Waals surface area (Å²) in [7, 11) is 0. The summed E-state index contributed by atoms with van der Waals surface area (Å²) >= 11 is 1.43. The summed E-state index contributed by atoms with van der Waals surface area (Å²) in [6.45, 7) is 2.24. The molecular formula is C10H19N3S. The second-order valence-electron chi connectivity index (χ2n) is 3.56. The van der Waals surface area contributed by atoms with E-state index < -0.39 is 0 Å². The third kappa shape index (κ3) is 4.56. The third-order valence-corrected chi connectivity index (χ3v) is 3.01. The van der Waals surface area contributed by atoms with Crippen molar-refractivity contribution < 1.29 is 0 Å². The summed E-state index contributed by atoms with van der Waals surface area (Å²) < 4.78 is 3.95. The smallest absolute Gasteiger partial charge is 0.232 e. The molecular weight excluding hydrogens is 194 g/mol. The predicted octanol–water partition coefficient (Wildman–Crippen LogP) is 3.02. The average molecular weight is 213 g/mol. The fourth-order valence-corrected chi connectivity index (χ4v) is 2.04. The molecule has 0 radical (unpaired) electrons. The summed E-state index contributed by atoms with van der Waals surface area (Å²) in [6, 6.07) is 0. The van der Waals surface area contributed by atoms with Crippen LogP contribution in [0.25, 0.3) is 0 Å². The van der Waals surface area contributed by atoms with Crippen molar-refractivity contribution in [2.24, 2.45) is 0 Å². The molecule has 0 saturated heterocycles. The summed E-state index contributed by atoms with van der Waals surface area (Å²) in [5, 5.41) is 1.08. The van der Waals surface area contributed by atoms with E-state index in [0.29, 0.717) is 5.95 Å².